The first-order chi connectivity index (χ1) is 11.6. The Labute approximate surface area is 150 Å². The zero-order valence-corrected chi connectivity index (χ0v) is 15.0. The van der Waals surface area contributed by atoms with Crippen LogP contribution in [0, 0.1) is 0 Å². The van der Waals surface area contributed by atoms with E-state index in [1.165, 1.54) is 11.3 Å². The molecule has 0 spiro atoms. The van der Waals surface area contributed by atoms with Gasteiger partial charge in [0, 0.05) is 5.56 Å². The van der Waals surface area contributed by atoms with E-state index in [9.17, 15) is 4.79 Å². The maximum absolute atomic E-state index is 12.2. The topological polar surface area (TPSA) is 89.6 Å². The Balaban J connectivity index is 1.70. The molecule has 2 aromatic carbocycles. The number of carbonyl (C=O) groups is 1. The lowest BCUT2D eigenvalue weighted by Crippen LogP contribution is -2.17. The van der Waals surface area contributed by atoms with Crippen LogP contribution in [-0.2, 0) is 0 Å². The van der Waals surface area contributed by atoms with Crippen molar-refractivity contribution >= 4 is 54.7 Å². The molecule has 0 radical (unpaired) electrons. The molecule has 0 fully saturated rings. The van der Waals surface area contributed by atoms with Gasteiger partial charge in [0.15, 0.2) is 5.13 Å². The molecule has 0 aliphatic carbocycles. The Morgan fingerprint density at radius 3 is 2.96 bits per heavy atom. The summed E-state index contributed by atoms with van der Waals surface area (Å²) in [6.07, 6.45) is 1.56. The highest BCUT2D eigenvalue weighted by atomic mass is 79.9. The number of hydrogen-bond donors (Lipinski definition) is 2. The molecule has 1 amide bonds. The van der Waals surface area contributed by atoms with Crippen molar-refractivity contribution in [1.29, 1.82) is 0 Å². The zero-order chi connectivity index (χ0) is 17.1. The summed E-state index contributed by atoms with van der Waals surface area (Å²) in [7, 11) is 1.60. The Hall–Kier alpha value is -2.45. The van der Waals surface area contributed by atoms with Gasteiger partial charge in [0.25, 0.3) is 5.91 Å². The van der Waals surface area contributed by atoms with Gasteiger partial charge in [-0.3, -0.25) is 4.79 Å². The average Bonchev–Trinajstić information content (AvgIpc) is 2.94. The number of benzene rings is 2. The Morgan fingerprint density at radius 1 is 1.38 bits per heavy atom. The molecule has 122 valence electrons. The van der Waals surface area contributed by atoms with E-state index < -0.39 is 0 Å². The normalized spacial score (nSPS) is 11.1. The van der Waals surface area contributed by atoms with Gasteiger partial charge in [-0.15, -0.1) is 0 Å². The van der Waals surface area contributed by atoms with E-state index in [0.29, 0.717) is 10.7 Å². The molecule has 3 aromatic rings. The fourth-order valence-electron chi connectivity index (χ4n) is 2.08. The van der Waals surface area contributed by atoms with Crippen molar-refractivity contribution in [3.63, 3.8) is 0 Å². The number of carbonyl (C=O) groups excluding carboxylic acids is 1. The fourth-order valence-corrected chi connectivity index (χ4v) is 3.41. The van der Waals surface area contributed by atoms with Crippen LogP contribution in [0.4, 0.5) is 5.13 Å². The van der Waals surface area contributed by atoms with E-state index in [2.05, 4.69) is 31.4 Å². The highest BCUT2D eigenvalue weighted by Crippen LogP contribution is 2.25. The van der Waals surface area contributed by atoms with Crippen molar-refractivity contribution in [1.82, 2.24) is 10.4 Å². The third-order valence-corrected chi connectivity index (χ3v) is 4.69. The second-order valence-corrected chi connectivity index (χ2v) is 6.74. The van der Waals surface area contributed by atoms with Crippen LogP contribution in [-0.4, -0.2) is 24.2 Å². The molecule has 3 N–H and O–H groups in total. The van der Waals surface area contributed by atoms with Crippen LogP contribution in [0.1, 0.15) is 15.9 Å². The van der Waals surface area contributed by atoms with Crippen molar-refractivity contribution in [3.05, 3.63) is 52.0 Å². The predicted molar refractivity (Wildman–Crippen MR) is 99.8 cm³/mol. The first-order valence-corrected chi connectivity index (χ1v) is 8.51. The monoisotopic (exact) mass is 404 g/mol. The average molecular weight is 405 g/mol. The maximum Gasteiger partial charge on any atom is 0.271 e. The molecular weight excluding hydrogens is 392 g/mol. The minimum absolute atomic E-state index is 0.298. The lowest BCUT2D eigenvalue weighted by molar-refractivity contribution is 0.0955. The van der Waals surface area contributed by atoms with Crippen LogP contribution in [0.5, 0.6) is 5.75 Å². The molecule has 6 nitrogen and oxygen atoms in total. The van der Waals surface area contributed by atoms with Crippen LogP contribution in [0.25, 0.3) is 10.2 Å². The summed E-state index contributed by atoms with van der Waals surface area (Å²) in [5.74, 6) is 0.431. The number of amides is 1. The highest BCUT2D eigenvalue weighted by Gasteiger charge is 2.08. The van der Waals surface area contributed by atoms with Crippen molar-refractivity contribution in [2.75, 3.05) is 12.8 Å². The second kappa shape index (κ2) is 6.98. The van der Waals surface area contributed by atoms with E-state index in [1.807, 2.05) is 18.2 Å². The van der Waals surface area contributed by atoms with Gasteiger partial charge in [0.1, 0.15) is 5.75 Å². The summed E-state index contributed by atoms with van der Waals surface area (Å²) in [5.41, 5.74) is 10.3. The third kappa shape index (κ3) is 3.55. The molecule has 0 bridgehead atoms. The minimum Gasteiger partial charge on any atom is -0.496 e. The minimum atomic E-state index is -0.298. The number of ether oxygens (including phenoxy) is 1. The smallest absolute Gasteiger partial charge is 0.271 e. The van der Waals surface area contributed by atoms with E-state index in [1.54, 1.807) is 31.5 Å². The molecule has 0 unspecified atom stereocenters. The Kier molecular flexibility index (Phi) is 4.77. The van der Waals surface area contributed by atoms with Crippen LogP contribution >= 0.6 is 27.3 Å². The molecular formula is C16H13BrN4O2S. The number of aromatic nitrogens is 1. The Morgan fingerprint density at radius 2 is 2.21 bits per heavy atom. The highest BCUT2D eigenvalue weighted by molar-refractivity contribution is 9.10. The van der Waals surface area contributed by atoms with Crippen molar-refractivity contribution in [3.8, 4) is 5.75 Å². The first-order valence-electron chi connectivity index (χ1n) is 6.90. The van der Waals surface area contributed by atoms with E-state index in [4.69, 9.17) is 10.5 Å². The summed E-state index contributed by atoms with van der Waals surface area (Å²) >= 11 is 4.74. The summed E-state index contributed by atoms with van der Waals surface area (Å²) in [5, 5.41) is 4.45. The van der Waals surface area contributed by atoms with Gasteiger partial charge in [-0.1, -0.05) is 11.3 Å². The van der Waals surface area contributed by atoms with Gasteiger partial charge >= 0.3 is 0 Å². The predicted octanol–water partition coefficient (Wildman–Crippen LogP) is 3.41. The zero-order valence-electron chi connectivity index (χ0n) is 12.6. The number of hydrazone groups is 1. The third-order valence-electron chi connectivity index (χ3n) is 3.22. The lowest BCUT2D eigenvalue weighted by atomic mass is 10.2. The van der Waals surface area contributed by atoms with Gasteiger partial charge in [-0.25, -0.2) is 10.4 Å². The fraction of sp³-hybridized carbons (Fsp3) is 0.0625. The van der Waals surface area contributed by atoms with Gasteiger partial charge in [-0.05, 0) is 57.9 Å². The second-order valence-electron chi connectivity index (χ2n) is 4.83. The first kappa shape index (κ1) is 16.4. The van der Waals surface area contributed by atoms with E-state index >= 15 is 0 Å². The van der Waals surface area contributed by atoms with Gasteiger partial charge in [0.05, 0.1) is 28.0 Å². The molecule has 0 saturated carbocycles. The number of methoxy groups -OCH3 is 1. The largest absolute Gasteiger partial charge is 0.496 e. The van der Waals surface area contributed by atoms with Gasteiger partial charge in [0.2, 0.25) is 0 Å². The summed E-state index contributed by atoms with van der Waals surface area (Å²) < 4.78 is 6.84. The summed E-state index contributed by atoms with van der Waals surface area (Å²) in [4.78, 5) is 16.3. The van der Waals surface area contributed by atoms with Crippen molar-refractivity contribution in [2.45, 2.75) is 0 Å². The standard InChI is InChI=1S/C16H13BrN4O2S/c1-23-13-5-2-9(6-11(13)17)8-19-21-15(22)10-3-4-12-14(7-10)24-16(18)20-12/h2-8H,1H3,(H2,18,20)(H,21,22)/b19-8-. The van der Waals surface area contributed by atoms with Crippen LogP contribution in [0.15, 0.2) is 46.0 Å². The number of nitrogen functional groups attached to an aromatic ring is 1. The SMILES string of the molecule is COc1ccc(/C=N\NC(=O)c2ccc3nc(N)sc3c2)cc1Br. The number of nitrogens with one attached hydrogen (secondary N) is 1. The van der Waals surface area contributed by atoms with Gasteiger partial charge < -0.3 is 10.5 Å². The number of fused-ring (bicyclic) bond motifs is 1. The van der Waals surface area contributed by atoms with E-state index in [0.717, 1.165) is 26.0 Å². The number of thiazole rings is 1. The van der Waals surface area contributed by atoms with Crippen molar-refractivity contribution < 1.29 is 9.53 Å². The maximum atomic E-state index is 12.2. The number of halogens is 1. The quantitative estimate of drug-likeness (QED) is 0.514. The van der Waals surface area contributed by atoms with Gasteiger partial charge in [-0.2, -0.15) is 5.10 Å². The summed E-state index contributed by atoms with van der Waals surface area (Å²) in [6, 6.07) is 10.7. The van der Waals surface area contributed by atoms with E-state index in [-0.39, 0.29) is 5.91 Å². The molecule has 3 rings (SSSR count). The number of anilines is 1. The Bertz CT molecular complexity index is 939. The van der Waals surface area contributed by atoms with Crippen LogP contribution in [0.2, 0.25) is 0 Å². The van der Waals surface area contributed by atoms with Crippen molar-refractivity contribution in [2.24, 2.45) is 5.10 Å². The molecule has 1 aromatic heterocycles. The molecule has 0 aliphatic heterocycles. The van der Waals surface area contributed by atoms with Crippen LogP contribution in [0.3, 0.4) is 0 Å². The molecule has 0 aliphatic rings. The molecule has 0 saturated heterocycles. The number of nitrogens with zero attached hydrogens (tertiary/aromatic N) is 2. The number of hydrogen-bond acceptors (Lipinski definition) is 6. The molecule has 24 heavy (non-hydrogen) atoms. The lowest BCUT2D eigenvalue weighted by Gasteiger charge is -2.03. The summed E-state index contributed by atoms with van der Waals surface area (Å²) in [6.45, 7) is 0. The van der Waals surface area contributed by atoms with Crippen LogP contribution < -0.4 is 15.9 Å². The number of nitrogens with two attached hydrogens (primary N) is 1. The molecule has 0 atom stereocenters. The molecule has 8 heteroatoms. The molecule has 1 heterocycles. The number of rotatable bonds is 4.